The molecule has 154 valence electrons. The van der Waals surface area contributed by atoms with Crippen LogP contribution in [0.4, 0.5) is 0 Å². The van der Waals surface area contributed by atoms with Gasteiger partial charge in [0.25, 0.3) is 5.91 Å². The molecular weight excluding hydrogens is 358 g/mol. The van der Waals surface area contributed by atoms with Gasteiger partial charge < -0.3 is 25.0 Å². The monoisotopic (exact) mass is 389 g/mol. The third kappa shape index (κ3) is 4.41. The maximum absolute atomic E-state index is 13.0. The Bertz CT molecular complexity index is 679. The standard InChI is InChI=1S/C21H31N3O4/c1-27-18-11-16(12-19(13-18)28-2)20(25)23-9-6-15(7-10-23)21(26)24-8-4-3-5-17(24)14-22/h11-13,15,17H,3-10,14,22H2,1-2H3. The van der Waals surface area contributed by atoms with Crippen molar-refractivity contribution in [1.29, 1.82) is 0 Å². The first-order chi connectivity index (χ1) is 13.6. The molecule has 7 nitrogen and oxygen atoms in total. The van der Waals surface area contributed by atoms with Crippen molar-refractivity contribution in [1.82, 2.24) is 9.80 Å². The molecular formula is C21H31N3O4. The van der Waals surface area contributed by atoms with Gasteiger partial charge in [-0.2, -0.15) is 0 Å². The number of amides is 2. The summed E-state index contributed by atoms with van der Waals surface area (Å²) in [5.41, 5.74) is 6.41. The summed E-state index contributed by atoms with van der Waals surface area (Å²) < 4.78 is 10.5. The minimum atomic E-state index is -0.0547. The number of methoxy groups -OCH3 is 2. The summed E-state index contributed by atoms with van der Waals surface area (Å²) in [7, 11) is 3.13. The van der Waals surface area contributed by atoms with E-state index in [-0.39, 0.29) is 23.8 Å². The molecule has 0 aromatic heterocycles. The highest BCUT2D eigenvalue weighted by Crippen LogP contribution is 2.27. The lowest BCUT2D eigenvalue weighted by Gasteiger charge is -2.39. The number of nitrogens with two attached hydrogens (primary N) is 1. The number of nitrogens with zero attached hydrogens (tertiary/aromatic N) is 2. The van der Waals surface area contributed by atoms with Crippen LogP contribution >= 0.6 is 0 Å². The molecule has 0 radical (unpaired) electrons. The average molecular weight is 389 g/mol. The lowest BCUT2D eigenvalue weighted by atomic mass is 9.92. The zero-order chi connectivity index (χ0) is 20.1. The topological polar surface area (TPSA) is 85.1 Å². The number of carbonyl (C=O) groups excluding carboxylic acids is 2. The van der Waals surface area contributed by atoms with Gasteiger partial charge in [0.2, 0.25) is 5.91 Å². The quantitative estimate of drug-likeness (QED) is 0.831. The molecule has 2 aliphatic rings. The SMILES string of the molecule is COc1cc(OC)cc(C(=O)N2CCC(C(=O)N3CCCCC3CN)CC2)c1. The van der Waals surface area contributed by atoms with Crippen molar-refractivity contribution in [2.75, 3.05) is 40.4 Å². The summed E-state index contributed by atoms with van der Waals surface area (Å²) in [6, 6.07) is 5.36. The molecule has 3 rings (SSSR count). The van der Waals surface area contributed by atoms with Gasteiger partial charge in [0.1, 0.15) is 11.5 Å². The van der Waals surface area contributed by atoms with Gasteiger partial charge in [0.15, 0.2) is 0 Å². The third-order valence-electron chi connectivity index (χ3n) is 5.91. The number of rotatable bonds is 5. The second-order valence-electron chi connectivity index (χ2n) is 7.58. The summed E-state index contributed by atoms with van der Waals surface area (Å²) in [4.78, 5) is 29.7. The minimum absolute atomic E-state index is 0.0176. The van der Waals surface area contributed by atoms with Crippen LogP contribution in [-0.2, 0) is 4.79 Å². The van der Waals surface area contributed by atoms with Gasteiger partial charge in [-0.25, -0.2) is 0 Å². The van der Waals surface area contributed by atoms with Crippen LogP contribution in [0.3, 0.4) is 0 Å². The maximum atomic E-state index is 13.0. The van der Waals surface area contributed by atoms with Crippen LogP contribution in [0.25, 0.3) is 0 Å². The van der Waals surface area contributed by atoms with E-state index in [1.165, 1.54) is 0 Å². The molecule has 0 bridgehead atoms. The highest BCUT2D eigenvalue weighted by Gasteiger charge is 2.34. The number of carbonyl (C=O) groups is 2. The number of piperidine rings is 2. The van der Waals surface area contributed by atoms with Crippen molar-refractivity contribution in [3.63, 3.8) is 0 Å². The predicted octanol–water partition coefficient (Wildman–Crippen LogP) is 1.90. The second-order valence-corrected chi connectivity index (χ2v) is 7.58. The van der Waals surface area contributed by atoms with E-state index in [1.54, 1.807) is 32.4 Å². The number of hydrogen-bond acceptors (Lipinski definition) is 5. The summed E-state index contributed by atoms with van der Waals surface area (Å²) in [6.45, 7) is 2.50. The average Bonchev–Trinajstić information content (AvgIpc) is 2.77. The molecule has 0 spiro atoms. The third-order valence-corrected chi connectivity index (χ3v) is 5.91. The van der Waals surface area contributed by atoms with Crippen LogP contribution in [-0.4, -0.2) is 68.1 Å². The fourth-order valence-corrected chi connectivity index (χ4v) is 4.21. The minimum Gasteiger partial charge on any atom is -0.497 e. The fourth-order valence-electron chi connectivity index (χ4n) is 4.21. The van der Waals surface area contributed by atoms with E-state index in [1.807, 2.05) is 9.80 Å². The molecule has 2 saturated heterocycles. The van der Waals surface area contributed by atoms with E-state index in [4.69, 9.17) is 15.2 Å². The Hall–Kier alpha value is -2.28. The smallest absolute Gasteiger partial charge is 0.254 e. The van der Waals surface area contributed by atoms with Gasteiger partial charge >= 0.3 is 0 Å². The van der Waals surface area contributed by atoms with Crippen LogP contribution in [0.2, 0.25) is 0 Å². The molecule has 2 amide bonds. The van der Waals surface area contributed by atoms with Crippen LogP contribution in [0.15, 0.2) is 18.2 Å². The Labute approximate surface area is 166 Å². The van der Waals surface area contributed by atoms with Crippen molar-refractivity contribution in [2.24, 2.45) is 11.7 Å². The van der Waals surface area contributed by atoms with E-state index in [9.17, 15) is 9.59 Å². The Morgan fingerprint density at radius 2 is 1.64 bits per heavy atom. The highest BCUT2D eigenvalue weighted by atomic mass is 16.5. The van der Waals surface area contributed by atoms with Gasteiger partial charge in [-0.05, 0) is 44.2 Å². The van der Waals surface area contributed by atoms with Crippen LogP contribution in [0, 0.1) is 5.92 Å². The van der Waals surface area contributed by atoms with E-state index in [2.05, 4.69) is 0 Å². The van der Waals surface area contributed by atoms with Crippen LogP contribution < -0.4 is 15.2 Å². The summed E-state index contributed by atoms with van der Waals surface area (Å²) in [5.74, 6) is 1.32. The lowest BCUT2D eigenvalue weighted by molar-refractivity contribution is -0.140. The Morgan fingerprint density at radius 1 is 1.00 bits per heavy atom. The Morgan fingerprint density at radius 3 is 2.21 bits per heavy atom. The van der Waals surface area contributed by atoms with Gasteiger partial charge in [-0.15, -0.1) is 0 Å². The molecule has 0 aliphatic carbocycles. The highest BCUT2D eigenvalue weighted by molar-refractivity contribution is 5.95. The van der Waals surface area contributed by atoms with Crippen molar-refractivity contribution in [3.8, 4) is 11.5 Å². The van der Waals surface area contributed by atoms with Gasteiger partial charge in [0, 0.05) is 49.8 Å². The van der Waals surface area contributed by atoms with Crippen molar-refractivity contribution >= 4 is 11.8 Å². The Balaban J connectivity index is 1.62. The fraction of sp³-hybridized carbons (Fsp3) is 0.619. The molecule has 2 fully saturated rings. The molecule has 2 heterocycles. The van der Waals surface area contributed by atoms with E-state index >= 15 is 0 Å². The molecule has 1 unspecified atom stereocenters. The molecule has 2 N–H and O–H groups in total. The molecule has 0 saturated carbocycles. The van der Waals surface area contributed by atoms with E-state index < -0.39 is 0 Å². The zero-order valence-corrected chi connectivity index (χ0v) is 16.9. The summed E-state index contributed by atoms with van der Waals surface area (Å²) in [5, 5.41) is 0. The first-order valence-electron chi connectivity index (χ1n) is 10.1. The van der Waals surface area contributed by atoms with Crippen molar-refractivity contribution in [3.05, 3.63) is 23.8 Å². The first kappa shape index (κ1) is 20.5. The summed E-state index contributed by atoms with van der Waals surface area (Å²) in [6.07, 6.45) is 4.58. The number of ether oxygens (including phenoxy) is 2. The predicted molar refractivity (Wildman–Crippen MR) is 107 cm³/mol. The molecule has 1 aromatic rings. The molecule has 1 atom stereocenters. The van der Waals surface area contributed by atoms with Gasteiger partial charge in [0.05, 0.1) is 14.2 Å². The number of likely N-dealkylation sites (tertiary alicyclic amines) is 2. The van der Waals surface area contributed by atoms with E-state index in [0.29, 0.717) is 49.5 Å². The van der Waals surface area contributed by atoms with Gasteiger partial charge in [-0.3, -0.25) is 9.59 Å². The molecule has 1 aromatic carbocycles. The normalized spacial score (nSPS) is 20.8. The lowest BCUT2D eigenvalue weighted by Crippen LogP contribution is -2.51. The largest absolute Gasteiger partial charge is 0.497 e. The number of benzene rings is 1. The first-order valence-corrected chi connectivity index (χ1v) is 10.1. The summed E-state index contributed by atoms with van der Waals surface area (Å²) >= 11 is 0. The number of hydrogen-bond donors (Lipinski definition) is 1. The van der Waals surface area contributed by atoms with Crippen molar-refractivity contribution < 1.29 is 19.1 Å². The van der Waals surface area contributed by atoms with Crippen molar-refractivity contribution in [2.45, 2.75) is 38.1 Å². The molecule has 2 aliphatic heterocycles. The Kier molecular flexibility index (Phi) is 6.78. The van der Waals surface area contributed by atoms with Crippen LogP contribution in [0.1, 0.15) is 42.5 Å². The second kappa shape index (κ2) is 9.28. The van der Waals surface area contributed by atoms with Crippen LogP contribution in [0.5, 0.6) is 11.5 Å². The molecule has 7 heteroatoms. The molecule has 28 heavy (non-hydrogen) atoms. The van der Waals surface area contributed by atoms with E-state index in [0.717, 1.165) is 25.8 Å². The van der Waals surface area contributed by atoms with Gasteiger partial charge in [-0.1, -0.05) is 0 Å². The zero-order valence-electron chi connectivity index (χ0n) is 16.9. The maximum Gasteiger partial charge on any atom is 0.254 e.